The van der Waals surface area contributed by atoms with E-state index in [2.05, 4.69) is 0 Å². The molecular formula is C4H6Cl3F3Sn. The van der Waals surface area contributed by atoms with Gasteiger partial charge in [-0.15, -0.1) is 0 Å². The van der Waals surface area contributed by atoms with Gasteiger partial charge in [0.2, 0.25) is 0 Å². The molecule has 68 valence electrons. The molecule has 0 saturated carbocycles. The fourth-order valence-corrected chi connectivity index (χ4v) is 4.83. The fraction of sp³-hybridized carbons (Fsp3) is 1.00. The third kappa shape index (κ3) is 11.5. The van der Waals surface area contributed by atoms with Crippen LogP contribution in [0, 0.1) is 0 Å². The Morgan fingerprint density at radius 1 is 1.09 bits per heavy atom. The van der Waals surface area contributed by atoms with Crippen molar-refractivity contribution in [3.63, 3.8) is 0 Å². The van der Waals surface area contributed by atoms with E-state index in [1.807, 2.05) is 0 Å². The monoisotopic (exact) mass is 336 g/mol. The van der Waals surface area contributed by atoms with E-state index in [1.54, 1.807) is 0 Å². The van der Waals surface area contributed by atoms with Crippen molar-refractivity contribution in [3.05, 3.63) is 0 Å². The summed E-state index contributed by atoms with van der Waals surface area (Å²) in [7, 11) is 16.3. The van der Waals surface area contributed by atoms with Gasteiger partial charge >= 0.3 is 78.4 Å². The van der Waals surface area contributed by atoms with Crippen molar-refractivity contribution in [2.75, 3.05) is 0 Å². The van der Waals surface area contributed by atoms with Crippen LogP contribution < -0.4 is 0 Å². The van der Waals surface area contributed by atoms with Crippen molar-refractivity contribution in [2.24, 2.45) is 0 Å². The van der Waals surface area contributed by atoms with E-state index in [0.29, 0.717) is 0 Å². The normalized spacial score (nSPS) is 13.6. The summed E-state index contributed by atoms with van der Waals surface area (Å²) in [6.07, 6.45) is -5.03. The first-order valence-corrected chi connectivity index (χ1v) is 15.7. The first-order valence-electron chi connectivity index (χ1n) is 2.84. The fourth-order valence-electron chi connectivity index (χ4n) is 0.489. The van der Waals surface area contributed by atoms with E-state index < -0.39 is 27.6 Å². The van der Waals surface area contributed by atoms with Gasteiger partial charge in [-0.1, -0.05) is 0 Å². The molecule has 0 radical (unpaired) electrons. The zero-order valence-corrected chi connectivity index (χ0v) is 10.5. The Labute approximate surface area is 78.0 Å². The van der Waals surface area contributed by atoms with Crippen molar-refractivity contribution in [3.8, 4) is 0 Å². The zero-order chi connectivity index (χ0) is 9.12. The molecule has 0 aliphatic rings. The molecule has 11 heavy (non-hydrogen) atoms. The second-order valence-corrected chi connectivity index (χ2v) is 23.9. The summed E-state index contributed by atoms with van der Waals surface area (Å²) >= 11 is -3.49. The number of hydrogen-bond acceptors (Lipinski definition) is 0. The van der Waals surface area contributed by atoms with Crippen LogP contribution in [-0.2, 0) is 0 Å². The Kier molecular flexibility index (Phi) is 5.24. The summed E-state index contributed by atoms with van der Waals surface area (Å²) < 4.78 is 34.7. The van der Waals surface area contributed by atoms with Crippen molar-refractivity contribution < 1.29 is 13.2 Å². The second kappa shape index (κ2) is 4.63. The molecular weight excluding hydrogens is 330 g/mol. The van der Waals surface area contributed by atoms with Gasteiger partial charge in [-0.3, -0.25) is 0 Å². The molecule has 0 spiro atoms. The maximum absolute atomic E-state index is 11.5. The minimum atomic E-state index is -4.12. The van der Waals surface area contributed by atoms with Crippen molar-refractivity contribution in [2.45, 2.75) is 23.5 Å². The molecule has 0 aromatic carbocycles. The van der Waals surface area contributed by atoms with Crippen LogP contribution in [-0.4, -0.2) is 21.2 Å². The van der Waals surface area contributed by atoms with Crippen LogP contribution in [0.1, 0.15) is 12.8 Å². The molecule has 0 atom stereocenters. The van der Waals surface area contributed by atoms with Crippen LogP contribution in [0.4, 0.5) is 13.2 Å². The third-order valence-electron chi connectivity index (χ3n) is 0.921. The first kappa shape index (κ1) is 12.5. The van der Waals surface area contributed by atoms with E-state index >= 15 is 0 Å². The molecule has 0 aromatic rings. The molecule has 0 aliphatic carbocycles. The zero-order valence-electron chi connectivity index (χ0n) is 5.39. The molecule has 0 fully saturated rings. The van der Waals surface area contributed by atoms with Crippen LogP contribution in [0.25, 0.3) is 0 Å². The Morgan fingerprint density at radius 3 is 1.82 bits per heavy atom. The standard InChI is InChI=1S/C4H6F3.3ClH.Sn/c1-2-3-4(5,6)7;;;;/h1-3H2;3*1H;/q;;;;+3/p-3. The summed E-state index contributed by atoms with van der Waals surface area (Å²) in [6, 6.07) is 0. The molecule has 0 nitrogen and oxygen atoms in total. The molecule has 0 heterocycles. The van der Waals surface area contributed by atoms with Gasteiger partial charge in [-0.25, -0.2) is 0 Å². The van der Waals surface area contributed by atoms with Gasteiger partial charge in [0.05, 0.1) is 0 Å². The number of halogens is 6. The van der Waals surface area contributed by atoms with Gasteiger partial charge in [0.1, 0.15) is 0 Å². The van der Waals surface area contributed by atoms with Crippen molar-refractivity contribution >= 4 is 41.8 Å². The van der Waals surface area contributed by atoms with E-state index in [0.717, 1.165) is 0 Å². The Bertz CT molecular complexity index is 105. The van der Waals surface area contributed by atoms with E-state index in [1.165, 1.54) is 0 Å². The number of alkyl halides is 3. The SMILES string of the molecule is FC(F)(F)CC[CH2][Sn]([Cl])([Cl])[Cl]. The minimum absolute atomic E-state index is 0.0594. The summed E-state index contributed by atoms with van der Waals surface area (Å²) in [5, 5.41) is 0. The van der Waals surface area contributed by atoms with Gasteiger partial charge in [0, 0.05) is 0 Å². The van der Waals surface area contributed by atoms with Gasteiger partial charge < -0.3 is 0 Å². The Morgan fingerprint density at radius 2 is 1.55 bits per heavy atom. The predicted octanol–water partition coefficient (Wildman–Crippen LogP) is 3.98. The van der Waals surface area contributed by atoms with Crippen LogP contribution in [0.3, 0.4) is 0 Å². The van der Waals surface area contributed by atoms with Crippen molar-refractivity contribution in [1.29, 1.82) is 0 Å². The van der Waals surface area contributed by atoms with Gasteiger partial charge in [0.15, 0.2) is 0 Å². The molecule has 0 aliphatic heterocycles. The van der Waals surface area contributed by atoms with Crippen LogP contribution in [0.2, 0.25) is 4.44 Å². The molecule has 0 N–H and O–H groups in total. The molecule has 0 bridgehead atoms. The summed E-state index contributed by atoms with van der Waals surface area (Å²) in [5.74, 6) is 0. The maximum atomic E-state index is 11.5. The second-order valence-electron chi connectivity index (χ2n) is 2.08. The Hall–Kier alpha value is 1.46. The Balaban J connectivity index is 3.44. The number of rotatable bonds is 3. The van der Waals surface area contributed by atoms with Crippen LogP contribution >= 0.6 is 26.8 Å². The molecule has 0 aromatic heterocycles. The van der Waals surface area contributed by atoms with Gasteiger partial charge in [0.25, 0.3) is 0 Å². The van der Waals surface area contributed by atoms with Crippen LogP contribution in [0.15, 0.2) is 0 Å². The molecule has 0 saturated heterocycles. The molecule has 0 amide bonds. The van der Waals surface area contributed by atoms with Crippen molar-refractivity contribution in [1.82, 2.24) is 0 Å². The third-order valence-corrected chi connectivity index (χ3v) is 7.35. The van der Waals surface area contributed by atoms with Gasteiger partial charge in [-0.05, 0) is 0 Å². The molecule has 7 heteroatoms. The van der Waals surface area contributed by atoms with E-state index in [9.17, 15) is 13.2 Å². The van der Waals surface area contributed by atoms with E-state index in [-0.39, 0.29) is 10.9 Å². The average Bonchev–Trinajstić information content (AvgIpc) is 1.55. The summed E-state index contributed by atoms with van der Waals surface area (Å²) in [5.41, 5.74) is 0. The first-order chi connectivity index (χ1) is 4.71. The quantitative estimate of drug-likeness (QED) is 0.684. The predicted molar refractivity (Wildman–Crippen MR) is 43.4 cm³/mol. The summed E-state index contributed by atoms with van der Waals surface area (Å²) in [4.78, 5) is 0. The topological polar surface area (TPSA) is 0 Å². The summed E-state index contributed by atoms with van der Waals surface area (Å²) in [6.45, 7) is 0. The van der Waals surface area contributed by atoms with E-state index in [4.69, 9.17) is 26.8 Å². The number of hydrogen-bond donors (Lipinski definition) is 0. The molecule has 0 rings (SSSR count). The van der Waals surface area contributed by atoms with Gasteiger partial charge in [-0.2, -0.15) is 0 Å². The van der Waals surface area contributed by atoms with Crippen LogP contribution in [0.5, 0.6) is 0 Å². The molecule has 0 unspecified atom stereocenters. The average molecular weight is 336 g/mol.